The molecule has 1 heterocycles. The van der Waals surface area contributed by atoms with Gasteiger partial charge in [0.15, 0.2) is 11.6 Å². The predicted molar refractivity (Wildman–Crippen MR) is 82.5 cm³/mol. The van der Waals surface area contributed by atoms with Crippen molar-refractivity contribution >= 4 is 11.8 Å². The van der Waals surface area contributed by atoms with Gasteiger partial charge in [-0.3, -0.25) is 9.59 Å². The van der Waals surface area contributed by atoms with Crippen LogP contribution in [0.5, 0.6) is 0 Å². The lowest BCUT2D eigenvalue weighted by molar-refractivity contribution is -0.139. The number of hydrogen-bond acceptors (Lipinski definition) is 2. The first-order valence-electron chi connectivity index (χ1n) is 7.86. The molecule has 2 amide bonds. The first-order valence-corrected chi connectivity index (χ1v) is 7.86. The topological polar surface area (TPSA) is 49.4 Å². The van der Waals surface area contributed by atoms with E-state index in [0.717, 1.165) is 18.6 Å². The van der Waals surface area contributed by atoms with Crippen molar-refractivity contribution in [3.63, 3.8) is 0 Å². The average Bonchev–Trinajstić information content (AvgIpc) is 2.87. The number of halogens is 2. The Morgan fingerprint density at radius 1 is 1.22 bits per heavy atom. The van der Waals surface area contributed by atoms with Crippen molar-refractivity contribution < 1.29 is 18.4 Å². The van der Waals surface area contributed by atoms with Gasteiger partial charge in [-0.2, -0.15) is 0 Å². The van der Waals surface area contributed by atoms with E-state index in [0.29, 0.717) is 18.5 Å². The van der Waals surface area contributed by atoms with Gasteiger partial charge in [0.25, 0.3) is 0 Å². The lowest BCUT2D eigenvalue weighted by Gasteiger charge is -2.31. The summed E-state index contributed by atoms with van der Waals surface area (Å²) in [4.78, 5) is 26.1. The van der Waals surface area contributed by atoms with E-state index in [-0.39, 0.29) is 17.7 Å². The number of nitrogens with one attached hydrogen (secondary N) is 1. The predicted octanol–water partition coefficient (Wildman–Crippen LogP) is 2.79. The van der Waals surface area contributed by atoms with Crippen molar-refractivity contribution in [2.45, 2.75) is 45.7 Å². The van der Waals surface area contributed by atoms with Gasteiger partial charge in [-0.15, -0.1) is 0 Å². The van der Waals surface area contributed by atoms with Crippen LogP contribution in [-0.4, -0.2) is 29.3 Å². The van der Waals surface area contributed by atoms with Crippen LogP contribution >= 0.6 is 0 Å². The molecule has 0 radical (unpaired) electrons. The standard InChI is InChI=1S/C17H22F2N2O2/c1-10(2)16(21-8-4-5-15(21)22)17(23)20-11(3)12-6-7-13(18)14(19)9-12/h6-7,9-11,16H,4-5,8H2,1-3H3,(H,20,23)/t11-,16+/m0/s1. The molecule has 0 saturated carbocycles. The molecule has 0 unspecified atom stereocenters. The second kappa shape index (κ2) is 7.06. The highest BCUT2D eigenvalue weighted by Crippen LogP contribution is 2.21. The Hall–Kier alpha value is -1.98. The van der Waals surface area contributed by atoms with E-state index in [4.69, 9.17) is 0 Å². The van der Waals surface area contributed by atoms with Gasteiger partial charge in [-0.05, 0) is 37.0 Å². The van der Waals surface area contributed by atoms with Gasteiger partial charge < -0.3 is 10.2 Å². The third-order valence-electron chi connectivity index (χ3n) is 4.15. The summed E-state index contributed by atoms with van der Waals surface area (Å²) < 4.78 is 26.3. The van der Waals surface area contributed by atoms with Crippen LogP contribution in [-0.2, 0) is 9.59 Å². The maximum atomic E-state index is 13.3. The lowest BCUT2D eigenvalue weighted by Crippen LogP contribution is -2.50. The summed E-state index contributed by atoms with van der Waals surface area (Å²) in [5, 5.41) is 2.80. The van der Waals surface area contributed by atoms with Gasteiger partial charge in [0.05, 0.1) is 6.04 Å². The molecule has 126 valence electrons. The Bertz CT molecular complexity index is 604. The molecular formula is C17H22F2N2O2. The van der Waals surface area contributed by atoms with Crippen molar-refractivity contribution in [1.82, 2.24) is 10.2 Å². The van der Waals surface area contributed by atoms with Crippen molar-refractivity contribution in [2.75, 3.05) is 6.54 Å². The number of likely N-dealkylation sites (tertiary alicyclic amines) is 1. The zero-order chi connectivity index (χ0) is 17.1. The summed E-state index contributed by atoms with van der Waals surface area (Å²) in [5.74, 6) is -2.19. The van der Waals surface area contributed by atoms with Gasteiger partial charge >= 0.3 is 0 Å². The summed E-state index contributed by atoms with van der Waals surface area (Å²) in [6, 6.07) is 2.53. The van der Waals surface area contributed by atoms with Crippen molar-refractivity contribution in [3.8, 4) is 0 Å². The monoisotopic (exact) mass is 324 g/mol. The molecule has 1 aromatic carbocycles. The number of rotatable bonds is 5. The van der Waals surface area contributed by atoms with Crippen molar-refractivity contribution in [2.24, 2.45) is 5.92 Å². The highest BCUT2D eigenvalue weighted by atomic mass is 19.2. The van der Waals surface area contributed by atoms with Gasteiger partial charge in [0, 0.05) is 13.0 Å². The molecule has 1 aliphatic heterocycles. The molecule has 23 heavy (non-hydrogen) atoms. The summed E-state index contributed by atoms with van der Waals surface area (Å²) in [6.07, 6.45) is 1.23. The number of amides is 2. The van der Waals surface area contributed by atoms with Gasteiger partial charge in [-0.1, -0.05) is 19.9 Å². The van der Waals surface area contributed by atoms with Crippen LogP contribution < -0.4 is 5.32 Å². The van der Waals surface area contributed by atoms with Gasteiger partial charge in [-0.25, -0.2) is 8.78 Å². The summed E-state index contributed by atoms with van der Waals surface area (Å²) >= 11 is 0. The van der Waals surface area contributed by atoms with Crippen molar-refractivity contribution in [3.05, 3.63) is 35.4 Å². The minimum Gasteiger partial charge on any atom is -0.348 e. The fraction of sp³-hybridized carbons (Fsp3) is 0.529. The van der Waals surface area contributed by atoms with E-state index < -0.39 is 23.7 Å². The van der Waals surface area contributed by atoms with E-state index in [1.807, 2.05) is 13.8 Å². The molecular weight excluding hydrogens is 302 g/mol. The molecule has 0 spiro atoms. The van der Waals surface area contributed by atoms with Crippen LogP contribution in [0.2, 0.25) is 0 Å². The Labute approximate surface area is 134 Å². The number of carbonyl (C=O) groups is 2. The first-order chi connectivity index (χ1) is 10.8. The molecule has 1 saturated heterocycles. The fourth-order valence-corrected chi connectivity index (χ4v) is 2.93. The van der Waals surface area contributed by atoms with Gasteiger partial charge in [0.1, 0.15) is 6.04 Å². The quantitative estimate of drug-likeness (QED) is 0.905. The molecule has 1 fully saturated rings. The van der Waals surface area contributed by atoms with Crippen LogP contribution in [0.25, 0.3) is 0 Å². The number of carbonyl (C=O) groups excluding carboxylic acids is 2. The number of benzene rings is 1. The van der Waals surface area contributed by atoms with E-state index in [2.05, 4.69) is 5.32 Å². The Morgan fingerprint density at radius 2 is 1.91 bits per heavy atom. The summed E-state index contributed by atoms with van der Waals surface area (Å²) in [7, 11) is 0. The molecule has 1 aromatic rings. The minimum atomic E-state index is -0.946. The first kappa shape index (κ1) is 17.4. The van der Waals surface area contributed by atoms with E-state index in [9.17, 15) is 18.4 Å². The van der Waals surface area contributed by atoms with Crippen LogP contribution in [0, 0.1) is 17.6 Å². The van der Waals surface area contributed by atoms with E-state index >= 15 is 0 Å². The highest BCUT2D eigenvalue weighted by molar-refractivity contribution is 5.89. The molecule has 0 aromatic heterocycles. The SMILES string of the molecule is CC(C)[C@H](C(=O)N[C@@H](C)c1ccc(F)c(F)c1)N1CCCC1=O. The Morgan fingerprint density at radius 3 is 2.43 bits per heavy atom. The highest BCUT2D eigenvalue weighted by Gasteiger charge is 2.35. The normalized spacial score (nSPS) is 17.5. The third kappa shape index (κ3) is 3.86. The number of nitrogens with zero attached hydrogens (tertiary/aromatic N) is 1. The lowest BCUT2D eigenvalue weighted by atomic mass is 10.0. The summed E-state index contributed by atoms with van der Waals surface area (Å²) in [6.45, 7) is 6.05. The molecule has 6 heteroatoms. The fourth-order valence-electron chi connectivity index (χ4n) is 2.93. The molecule has 0 aliphatic carbocycles. The van der Waals surface area contributed by atoms with E-state index in [1.165, 1.54) is 6.07 Å². The Balaban J connectivity index is 2.11. The molecule has 2 atom stereocenters. The van der Waals surface area contributed by atoms with Crippen LogP contribution in [0.1, 0.15) is 45.2 Å². The number of hydrogen-bond donors (Lipinski definition) is 1. The van der Waals surface area contributed by atoms with Crippen LogP contribution in [0.4, 0.5) is 8.78 Å². The zero-order valence-electron chi connectivity index (χ0n) is 13.6. The summed E-state index contributed by atoms with van der Waals surface area (Å²) in [5.41, 5.74) is 0.479. The van der Waals surface area contributed by atoms with Crippen LogP contribution in [0.15, 0.2) is 18.2 Å². The van der Waals surface area contributed by atoms with Crippen molar-refractivity contribution in [1.29, 1.82) is 0 Å². The second-order valence-electron chi connectivity index (χ2n) is 6.28. The molecule has 1 aliphatic rings. The molecule has 2 rings (SSSR count). The van der Waals surface area contributed by atoms with Crippen LogP contribution in [0.3, 0.4) is 0 Å². The molecule has 1 N–H and O–H groups in total. The largest absolute Gasteiger partial charge is 0.348 e. The zero-order valence-corrected chi connectivity index (χ0v) is 13.6. The smallest absolute Gasteiger partial charge is 0.243 e. The third-order valence-corrected chi connectivity index (χ3v) is 4.15. The minimum absolute atomic E-state index is 0.0145. The van der Waals surface area contributed by atoms with Gasteiger partial charge in [0.2, 0.25) is 11.8 Å². The Kier molecular flexibility index (Phi) is 5.34. The molecule has 4 nitrogen and oxygen atoms in total. The maximum absolute atomic E-state index is 13.3. The molecule has 0 bridgehead atoms. The maximum Gasteiger partial charge on any atom is 0.243 e. The average molecular weight is 324 g/mol. The second-order valence-corrected chi connectivity index (χ2v) is 6.28. The van der Waals surface area contributed by atoms with E-state index in [1.54, 1.807) is 11.8 Å².